The summed E-state index contributed by atoms with van der Waals surface area (Å²) in [5.74, 6) is 3.20. The maximum Gasteiger partial charge on any atom is 0.185 e. The molecule has 0 saturated heterocycles. The number of nitrogens with zero attached hydrogens (tertiary/aromatic N) is 3. The molecule has 4 nitrogen and oxygen atoms in total. The van der Waals surface area contributed by atoms with Gasteiger partial charge in [0, 0.05) is 12.5 Å². The van der Waals surface area contributed by atoms with Crippen molar-refractivity contribution in [1.82, 2.24) is 14.8 Å². The molecule has 1 aliphatic heterocycles. The van der Waals surface area contributed by atoms with E-state index in [1.165, 1.54) is 12.8 Å². The van der Waals surface area contributed by atoms with E-state index in [4.69, 9.17) is 4.74 Å². The highest BCUT2D eigenvalue weighted by Gasteiger charge is 2.22. The molecule has 0 saturated carbocycles. The van der Waals surface area contributed by atoms with Gasteiger partial charge >= 0.3 is 0 Å². The van der Waals surface area contributed by atoms with Gasteiger partial charge in [0.25, 0.3) is 0 Å². The number of aromatic nitrogens is 3. The van der Waals surface area contributed by atoms with Gasteiger partial charge in [-0.3, -0.25) is 0 Å². The fraction of sp³-hybridized carbons (Fsp3) is 0.429. The molecular formula is C14H17N3O. The van der Waals surface area contributed by atoms with Crippen LogP contribution in [0, 0.1) is 0 Å². The Balaban J connectivity index is 2.07. The van der Waals surface area contributed by atoms with Crippen LogP contribution in [0.15, 0.2) is 24.3 Å². The van der Waals surface area contributed by atoms with Crippen LogP contribution in [-0.4, -0.2) is 21.9 Å². The lowest BCUT2D eigenvalue weighted by atomic mass is 10.0. The van der Waals surface area contributed by atoms with Crippen molar-refractivity contribution in [2.24, 2.45) is 0 Å². The van der Waals surface area contributed by atoms with E-state index in [1.807, 2.05) is 28.9 Å². The van der Waals surface area contributed by atoms with Crippen LogP contribution in [0.5, 0.6) is 5.75 Å². The lowest BCUT2D eigenvalue weighted by molar-refractivity contribution is 0.416. The standard InChI is InChI=1S/C14H17N3O/c1-10-6-5-9-17-14(10)15-13(16-17)11-7-3-4-8-12(11)18-2/h3-4,7-8,10H,5-6,9H2,1-2H3. The Bertz CT molecular complexity index is 562. The van der Waals surface area contributed by atoms with Crippen LogP contribution in [0.4, 0.5) is 0 Å². The largest absolute Gasteiger partial charge is 0.496 e. The number of methoxy groups -OCH3 is 1. The minimum Gasteiger partial charge on any atom is -0.496 e. The zero-order valence-electron chi connectivity index (χ0n) is 10.8. The van der Waals surface area contributed by atoms with Gasteiger partial charge < -0.3 is 4.74 Å². The van der Waals surface area contributed by atoms with Gasteiger partial charge in [0.15, 0.2) is 5.82 Å². The van der Waals surface area contributed by atoms with Crippen LogP contribution >= 0.6 is 0 Å². The fourth-order valence-electron chi connectivity index (χ4n) is 2.50. The van der Waals surface area contributed by atoms with Gasteiger partial charge in [0.1, 0.15) is 11.6 Å². The predicted octanol–water partition coefficient (Wildman–Crippen LogP) is 2.85. The van der Waals surface area contributed by atoms with Gasteiger partial charge in [-0.15, -0.1) is 0 Å². The van der Waals surface area contributed by atoms with Crippen molar-refractivity contribution in [1.29, 1.82) is 0 Å². The fourth-order valence-corrected chi connectivity index (χ4v) is 2.50. The second kappa shape index (κ2) is 4.44. The first-order valence-electron chi connectivity index (χ1n) is 6.37. The zero-order valence-corrected chi connectivity index (χ0v) is 10.8. The average molecular weight is 243 g/mol. The van der Waals surface area contributed by atoms with Crippen LogP contribution in [0.2, 0.25) is 0 Å². The summed E-state index contributed by atoms with van der Waals surface area (Å²) in [4.78, 5) is 4.68. The van der Waals surface area contributed by atoms with Gasteiger partial charge in [-0.25, -0.2) is 9.67 Å². The molecule has 0 N–H and O–H groups in total. The first-order chi connectivity index (χ1) is 8.79. The normalized spacial score (nSPS) is 18.4. The number of hydrogen-bond donors (Lipinski definition) is 0. The summed E-state index contributed by atoms with van der Waals surface area (Å²) in [7, 11) is 1.68. The quantitative estimate of drug-likeness (QED) is 0.814. The molecule has 94 valence electrons. The Morgan fingerprint density at radius 3 is 2.94 bits per heavy atom. The molecule has 0 bridgehead atoms. The van der Waals surface area contributed by atoms with Gasteiger partial charge in [-0.1, -0.05) is 19.1 Å². The van der Waals surface area contributed by atoms with E-state index in [9.17, 15) is 0 Å². The van der Waals surface area contributed by atoms with E-state index in [2.05, 4.69) is 17.0 Å². The minimum atomic E-state index is 0.495. The van der Waals surface area contributed by atoms with Crippen molar-refractivity contribution < 1.29 is 4.74 Å². The predicted molar refractivity (Wildman–Crippen MR) is 69.7 cm³/mol. The van der Waals surface area contributed by atoms with Crippen LogP contribution < -0.4 is 4.74 Å². The summed E-state index contributed by atoms with van der Waals surface area (Å²) in [5, 5.41) is 4.61. The molecule has 1 aliphatic rings. The van der Waals surface area contributed by atoms with Gasteiger partial charge in [-0.2, -0.15) is 5.10 Å². The number of aryl methyl sites for hydroxylation is 1. The first-order valence-corrected chi connectivity index (χ1v) is 6.37. The third-order valence-corrected chi connectivity index (χ3v) is 3.50. The molecule has 0 amide bonds. The van der Waals surface area contributed by atoms with Crippen LogP contribution in [0.3, 0.4) is 0 Å². The highest BCUT2D eigenvalue weighted by atomic mass is 16.5. The Kier molecular flexibility index (Phi) is 2.78. The highest BCUT2D eigenvalue weighted by molar-refractivity contribution is 5.63. The Morgan fingerprint density at radius 1 is 1.33 bits per heavy atom. The maximum absolute atomic E-state index is 5.37. The van der Waals surface area contributed by atoms with Crippen molar-refractivity contribution in [2.75, 3.05) is 7.11 Å². The number of fused-ring (bicyclic) bond motifs is 1. The SMILES string of the molecule is COc1ccccc1-c1nc2n(n1)CCCC2C. The molecule has 4 heteroatoms. The second-order valence-corrected chi connectivity index (χ2v) is 4.76. The Labute approximate surface area is 107 Å². The molecule has 1 atom stereocenters. The average Bonchev–Trinajstić information content (AvgIpc) is 2.84. The lowest BCUT2D eigenvalue weighted by Crippen LogP contribution is -2.14. The molecular weight excluding hydrogens is 226 g/mol. The smallest absolute Gasteiger partial charge is 0.185 e. The third kappa shape index (κ3) is 1.78. The van der Waals surface area contributed by atoms with E-state index >= 15 is 0 Å². The van der Waals surface area contributed by atoms with Gasteiger partial charge in [0.2, 0.25) is 0 Å². The van der Waals surface area contributed by atoms with Crippen LogP contribution in [0.1, 0.15) is 31.5 Å². The number of ether oxygens (including phenoxy) is 1. The Hall–Kier alpha value is -1.84. The lowest BCUT2D eigenvalue weighted by Gasteiger charge is -2.17. The Morgan fingerprint density at radius 2 is 2.17 bits per heavy atom. The van der Waals surface area contributed by atoms with Crippen LogP contribution in [-0.2, 0) is 6.54 Å². The van der Waals surface area contributed by atoms with E-state index in [0.717, 1.165) is 29.5 Å². The van der Waals surface area contributed by atoms with E-state index in [0.29, 0.717) is 5.92 Å². The second-order valence-electron chi connectivity index (χ2n) is 4.76. The zero-order chi connectivity index (χ0) is 12.5. The summed E-state index contributed by atoms with van der Waals surface area (Å²) in [6, 6.07) is 7.89. The third-order valence-electron chi connectivity index (χ3n) is 3.50. The van der Waals surface area contributed by atoms with E-state index in [1.54, 1.807) is 7.11 Å². The molecule has 0 spiro atoms. The topological polar surface area (TPSA) is 39.9 Å². The van der Waals surface area contributed by atoms with Crippen molar-refractivity contribution in [3.05, 3.63) is 30.1 Å². The molecule has 3 rings (SSSR count). The van der Waals surface area contributed by atoms with Gasteiger partial charge in [0.05, 0.1) is 12.7 Å². The van der Waals surface area contributed by atoms with Gasteiger partial charge in [-0.05, 0) is 25.0 Å². The summed E-state index contributed by atoms with van der Waals surface area (Å²) in [6.07, 6.45) is 2.38. The molecule has 2 aromatic rings. The molecule has 1 aromatic heterocycles. The number of benzene rings is 1. The molecule has 0 radical (unpaired) electrons. The van der Waals surface area contributed by atoms with Crippen molar-refractivity contribution >= 4 is 0 Å². The monoisotopic (exact) mass is 243 g/mol. The number of hydrogen-bond acceptors (Lipinski definition) is 3. The summed E-state index contributed by atoms with van der Waals surface area (Å²) in [5.41, 5.74) is 0.967. The molecule has 18 heavy (non-hydrogen) atoms. The summed E-state index contributed by atoms with van der Waals surface area (Å²) >= 11 is 0. The van der Waals surface area contributed by atoms with Crippen molar-refractivity contribution in [3.63, 3.8) is 0 Å². The number of para-hydroxylation sites is 1. The summed E-state index contributed by atoms with van der Waals surface area (Å²) in [6.45, 7) is 3.19. The minimum absolute atomic E-state index is 0.495. The van der Waals surface area contributed by atoms with Crippen molar-refractivity contribution in [2.45, 2.75) is 32.2 Å². The number of rotatable bonds is 2. The molecule has 1 aromatic carbocycles. The molecule has 0 fully saturated rings. The highest BCUT2D eigenvalue weighted by Crippen LogP contribution is 2.31. The molecule has 1 unspecified atom stereocenters. The van der Waals surface area contributed by atoms with E-state index in [-0.39, 0.29) is 0 Å². The molecule has 0 aliphatic carbocycles. The maximum atomic E-state index is 5.37. The van der Waals surface area contributed by atoms with Crippen LogP contribution in [0.25, 0.3) is 11.4 Å². The molecule has 2 heterocycles. The first kappa shape index (κ1) is 11.3. The van der Waals surface area contributed by atoms with Crippen molar-refractivity contribution in [3.8, 4) is 17.1 Å². The summed E-state index contributed by atoms with van der Waals surface area (Å²) < 4.78 is 7.41. The van der Waals surface area contributed by atoms with E-state index < -0.39 is 0 Å².